The second-order valence-electron chi connectivity index (χ2n) is 8.61. The van der Waals surface area contributed by atoms with Crippen LogP contribution in [0, 0.1) is 11.3 Å². The van der Waals surface area contributed by atoms with E-state index in [1.54, 1.807) is 26.0 Å². The maximum absolute atomic E-state index is 13.9. The van der Waals surface area contributed by atoms with Crippen LogP contribution in [0.1, 0.15) is 39.7 Å². The summed E-state index contributed by atoms with van der Waals surface area (Å²) in [6.45, 7) is 7.51. The maximum Gasteiger partial charge on any atom is 0.307 e. The van der Waals surface area contributed by atoms with Crippen molar-refractivity contribution in [1.82, 2.24) is 9.55 Å². The minimum Gasteiger partial charge on any atom is -0.471 e. The van der Waals surface area contributed by atoms with Gasteiger partial charge < -0.3 is 18.9 Å². The molecule has 0 spiro atoms. The van der Waals surface area contributed by atoms with Crippen LogP contribution in [-0.4, -0.2) is 40.8 Å². The molecule has 8 heteroatoms. The molecule has 1 fully saturated rings. The molecule has 1 atom stereocenters. The lowest BCUT2D eigenvalue weighted by atomic mass is 9.91. The Kier molecular flexibility index (Phi) is 5.12. The quantitative estimate of drug-likeness (QED) is 0.748. The minimum atomic E-state index is -0.834. The number of nitrogens with zero attached hydrogens (tertiary/aromatic N) is 3. The molecule has 2 aliphatic heterocycles. The van der Waals surface area contributed by atoms with Gasteiger partial charge in [0.05, 0.1) is 25.5 Å². The van der Waals surface area contributed by atoms with Crippen LogP contribution >= 0.6 is 0 Å². The molecule has 1 aromatic heterocycles. The summed E-state index contributed by atoms with van der Waals surface area (Å²) >= 11 is 0. The molecule has 1 aromatic carbocycles. The van der Waals surface area contributed by atoms with Gasteiger partial charge in [-0.15, -0.1) is 0 Å². The van der Waals surface area contributed by atoms with Gasteiger partial charge in [-0.05, 0) is 39.8 Å². The van der Waals surface area contributed by atoms with Gasteiger partial charge in [0.1, 0.15) is 17.3 Å². The molecule has 0 aliphatic carbocycles. The number of hydrogen-bond acceptors (Lipinski definition) is 7. The van der Waals surface area contributed by atoms with Gasteiger partial charge in [-0.2, -0.15) is 10.2 Å². The standard InChI is InChI=1S/C23H25N3O5/c1-22(2)11-14(12-24)17(16-13-29-23(3,4)30-16)18-19(31-22)25-21(28-5)26(20(18)27)15-9-7-6-8-10-15/h6-10,16H,11,13H2,1-5H3/t16-/m1/s1. The Morgan fingerprint density at radius 1 is 1.23 bits per heavy atom. The van der Waals surface area contributed by atoms with E-state index in [4.69, 9.17) is 18.9 Å². The molecule has 0 unspecified atom stereocenters. The first kappa shape index (κ1) is 21.1. The van der Waals surface area contributed by atoms with Gasteiger partial charge in [0, 0.05) is 17.6 Å². The van der Waals surface area contributed by atoms with Crippen LogP contribution in [-0.2, 0) is 9.47 Å². The van der Waals surface area contributed by atoms with Crippen molar-refractivity contribution in [2.24, 2.45) is 0 Å². The highest BCUT2D eigenvalue weighted by atomic mass is 16.7. The largest absolute Gasteiger partial charge is 0.471 e. The Morgan fingerprint density at radius 3 is 2.52 bits per heavy atom. The van der Waals surface area contributed by atoms with Crippen LogP contribution in [0.4, 0.5) is 0 Å². The van der Waals surface area contributed by atoms with E-state index in [1.807, 2.05) is 32.0 Å². The number of benzene rings is 1. The van der Waals surface area contributed by atoms with Gasteiger partial charge in [0.25, 0.3) is 5.56 Å². The number of rotatable bonds is 3. The summed E-state index contributed by atoms with van der Waals surface area (Å²) in [6, 6.07) is 11.4. The molecule has 0 saturated carbocycles. The molecule has 0 amide bonds. The molecule has 162 valence electrons. The van der Waals surface area contributed by atoms with E-state index >= 15 is 0 Å². The number of aromatic nitrogens is 2. The molecule has 0 N–H and O–H groups in total. The summed E-state index contributed by atoms with van der Waals surface area (Å²) in [5.41, 5.74) is 0.488. The fraction of sp³-hybridized carbons (Fsp3) is 0.435. The molecule has 4 rings (SSSR count). The lowest BCUT2D eigenvalue weighted by Gasteiger charge is -2.24. The first-order chi connectivity index (χ1) is 14.7. The lowest BCUT2D eigenvalue weighted by molar-refractivity contribution is -0.132. The predicted molar refractivity (Wildman–Crippen MR) is 113 cm³/mol. The number of para-hydroxylation sites is 1. The van der Waals surface area contributed by atoms with Crippen molar-refractivity contribution in [2.75, 3.05) is 13.7 Å². The van der Waals surface area contributed by atoms with Crippen LogP contribution in [0.15, 0.2) is 40.7 Å². The smallest absolute Gasteiger partial charge is 0.307 e. The third kappa shape index (κ3) is 3.82. The third-order valence-corrected chi connectivity index (χ3v) is 5.25. The highest BCUT2D eigenvalue weighted by molar-refractivity contribution is 5.78. The summed E-state index contributed by atoms with van der Waals surface area (Å²) in [5.74, 6) is -0.716. The Balaban J connectivity index is 2.05. The Labute approximate surface area is 180 Å². The van der Waals surface area contributed by atoms with Crippen molar-refractivity contribution < 1.29 is 18.9 Å². The number of nitriles is 1. The summed E-state index contributed by atoms with van der Waals surface area (Å²) in [6.07, 6.45) is -0.309. The van der Waals surface area contributed by atoms with Gasteiger partial charge in [0.2, 0.25) is 5.88 Å². The van der Waals surface area contributed by atoms with Crippen LogP contribution in [0.2, 0.25) is 0 Å². The van der Waals surface area contributed by atoms with Gasteiger partial charge >= 0.3 is 6.01 Å². The van der Waals surface area contributed by atoms with Crippen molar-refractivity contribution in [2.45, 2.75) is 51.6 Å². The molecular formula is C23H25N3O5. The van der Waals surface area contributed by atoms with Gasteiger partial charge in [-0.1, -0.05) is 18.2 Å². The number of hydrogen-bond donors (Lipinski definition) is 0. The second-order valence-corrected chi connectivity index (χ2v) is 8.61. The lowest BCUT2D eigenvalue weighted by Crippen LogP contribution is -2.31. The molecule has 0 radical (unpaired) electrons. The molecule has 2 aliphatic rings. The molecule has 3 heterocycles. The zero-order valence-corrected chi connectivity index (χ0v) is 18.3. The first-order valence-corrected chi connectivity index (χ1v) is 10.1. The summed E-state index contributed by atoms with van der Waals surface area (Å²) in [7, 11) is 1.45. The van der Waals surface area contributed by atoms with Crippen LogP contribution in [0.25, 0.3) is 11.3 Å². The van der Waals surface area contributed by atoms with E-state index in [-0.39, 0.29) is 24.1 Å². The molecule has 0 bridgehead atoms. The van der Waals surface area contributed by atoms with E-state index in [0.29, 0.717) is 23.3 Å². The second kappa shape index (κ2) is 7.52. The monoisotopic (exact) mass is 423 g/mol. The number of methoxy groups -OCH3 is 1. The van der Waals surface area contributed by atoms with E-state index in [2.05, 4.69) is 11.1 Å². The molecule has 8 nitrogen and oxygen atoms in total. The van der Waals surface area contributed by atoms with Crippen molar-refractivity contribution in [3.05, 3.63) is 51.8 Å². The number of fused-ring (bicyclic) bond motifs is 1. The zero-order valence-electron chi connectivity index (χ0n) is 18.3. The third-order valence-electron chi connectivity index (χ3n) is 5.25. The fourth-order valence-electron chi connectivity index (χ4n) is 3.98. The van der Waals surface area contributed by atoms with E-state index in [0.717, 1.165) is 0 Å². The van der Waals surface area contributed by atoms with Crippen LogP contribution < -0.4 is 15.0 Å². The average molecular weight is 423 g/mol. The fourth-order valence-corrected chi connectivity index (χ4v) is 3.98. The van der Waals surface area contributed by atoms with Crippen molar-refractivity contribution in [1.29, 1.82) is 5.26 Å². The molecular weight excluding hydrogens is 398 g/mol. The first-order valence-electron chi connectivity index (χ1n) is 10.1. The predicted octanol–water partition coefficient (Wildman–Crippen LogP) is 3.23. The number of ether oxygens (including phenoxy) is 4. The SMILES string of the molecule is COc1nc2c(c(=O)n1-c1ccccc1)C([C@H]1COC(C)(C)O1)=C(C#N)CC(C)(C)O2. The van der Waals surface area contributed by atoms with Crippen LogP contribution in [0.3, 0.4) is 0 Å². The highest BCUT2D eigenvalue weighted by Gasteiger charge is 2.42. The Morgan fingerprint density at radius 2 is 1.94 bits per heavy atom. The van der Waals surface area contributed by atoms with Gasteiger partial charge in [-0.3, -0.25) is 4.79 Å². The summed E-state index contributed by atoms with van der Waals surface area (Å²) in [5, 5.41) is 10.00. The van der Waals surface area contributed by atoms with Gasteiger partial charge in [-0.25, -0.2) is 4.57 Å². The molecule has 1 saturated heterocycles. The molecule has 2 aromatic rings. The minimum absolute atomic E-state index is 0.0921. The Bertz CT molecular complexity index is 1140. The average Bonchev–Trinajstić information content (AvgIpc) is 3.02. The van der Waals surface area contributed by atoms with E-state index < -0.39 is 23.1 Å². The van der Waals surface area contributed by atoms with Crippen molar-refractivity contribution >= 4 is 5.57 Å². The van der Waals surface area contributed by atoms with E-state index in [1.165, 1.54) is 11.7 Å². The topological polar surface area (TPSA) is 95.6 Å². The summed E-state index contributed by atoms with van der Waals surface area (Å²) < 4.78 is 24.8. The van der Waals surface area contributed by atoms with Crippen molar-refractivity contribution in [3.8, 4) is 23.6 Å². The zero-order chi connectivity index (χ0) is 22.4. The molecule has 31 heavy (non-hydrogen) atoms. The van der Waals surface area contributed by atoms with Gasteiger partial charge in [0.15, 0.2) is 5.79 Å². The Hall–Kier alpha value is -3.15. The van der Waals surface area contributed by atoms with Crippen LogP contribution in [0.5, 0.6) is 11.9 Å². The maximum atomic E-state index is 13.9. The summed E-state index contributed by atoms with van der Waals surface area (Å²) in [4.78, 5) is 18.4. The normalized spacial score (nSPS) is 21.6. The van der Waals surface area contributed by atoms with Crippen molar-refractivity contribution in [3.63, 3.8) is 0 Å². The van der Waals surface area contributed by atoms with E-state index in [9.17, 15) is 10.1 Å². The highest BCUT2D eigenvalue weighted by Crippen LogP contribution is 2.41.